The Morgan fingerprint density at radius 2 is 2.22 bits per heavy atom. The number of likely N-dealkylation sites (N-methyl/N-ethyl adjacent to an activating group) is 1. The zero-order valence-corrected chi connectivity index (χ0v) is 11.4. The fourth-order valence-electron chi connectivity index (χ4n) is 1.48. The SMILES string of the molecule is CCNc1ccnc(C(=O)NCCN(C)CC)c1. The van der Waals surface area contributed by atoms with Crippen molar-refractivity contribution in [2.45, 2.75) is 13.8 Å². The molecule has 0 radical (unpaired) electrons. The smallest absolute Gasteiger partial charge is 0.269 e. The van der Waals surface area contributed by atoms with Gasteiger partial charge in [-0.15, -0.1) is 0 Å². The molecule has 0 unspecified atom stereocenters. The van der Waals surface area contributed by atoms with Gasteiger partial charge in [0.05, 0.1) is 0 Å². The Labute approximate surface area is 109 Å². The summed E-state index contributed by atoms with van der Waals surface area (Å²) < 4.78 is 0. The van der Waals surface area contributed by atoms with E-state index >= 15 is 0 Å². The van der Waals surface area contributed by atoms with Crippen molar-refractivity contribution in [1.29, 1.82) is 0 Å². The second-order valence-corrected chi connectivity index (χ2v) is 4.11. The molecule has 18 heavy (non-hydrogen) atoms. The molecule has 0 atom stereocenters. The molecule has 0 aliphatic rings. The van der Waals surface area contributed by atoms with Crippen molar-refractivity contribution in [2.75, 3.05) is 38.5 Å². The number of aromatic nitrogens is 1. The van der Waals surface area contributed by atoms with Gasteiger partial charge in [0.15, 0.2) is 0 Å². The van der Waals surface area contributed by atoms with Crippen molar-refractivity contribution in [2.24, 2.45) is 0 Å². The predicted octanol–water partition coefficient (Wildman–Crippen LogP) is 1.19. The van der Waals surface area contributed by atoms with Gasteiger partial charge in [0.1, 0.15) is 5.69 Å². The molecule has 0 spiro atoms. The Balaban J connectivity index is 2.48. The van der Waals surface area contributed by atoms with Crippen LogP contribution in [0.2, 0.25) is 0 Å². The molecular weight excluding hydrogens is 228 g/mol. The number of hydrogen-bond donors (Lipinski definition) is 2. The number of amides is 1. The van der Waals surface area contributed by atoms with Crippen LogP contribution in [0.3, 0.4) is 0 Å². The lowest BCUT2D eigenvalue weighted by molar-refractivity contribution is 0.0945. The summed E-state index contributed by atoms with van der Waals surface area (Å²) in [6, 6.07) is 3.62. The number of hydrogen-bond acceptors (Lipinski definition) is 4. The Kier molecular flexibility index (Phi) is 6.14. The number of carbonyl (C=O) groups excluding carboxylic acids is 1. The van der Waals surface area contributed by atoms with Crippen molar-refractivity contribution in [1.82, 2.24) is 15.2 Å². The van der Waals surface area contributed by atoms with Crippen LogP contribution in [0, 0.1) is 0 Å². The largest absolute Gasteiger partial charge is 0.385 e. The van der Waals surface area contributed by atoms with Crippen LogP contribution in [0.25, 0.3) is 0 Å². The molecule has 1 rings (SSSR count). The van der Waals surface area contributed by atoms with Gasteiger partial charge in [-0.05, 0) is 32.6 Å². The minimum Gasteiger partial charge on any atom is -0.385 e. The van der Waals surface area contributed by atoms with E-state index in [0.717, 1.165) is 25.3 Å². The first-order valence-corrected chi connectivity index (χ1v) is 6.34. The van der Waals surface area contributed by atoms with Crippen molar-refractivity contribution >= 4 is 11.6 Å². The van der Waals surface area contributed by atoms with E-state index in [0.29, 0.717) is 12.2 Å². The van der Waals surface area contributed by atoms with Gasteiger partial charge in [-0.25, -0.2) is 0 Å². The highest BCUT2D eigenvalue weighted by molar-refractivity contribution is 5.93. The van der Waals surface area contributed by atoms with Crippen LogP contribution in [-0.2, 0) is 0 Å². The minimum absolute atomic E-state index is 0.126. The molecule has 0 saturated carbocycles. The summed E-state index contributed by atoms with van der Waals surface area (Å²) >= 11 is 0. The Hall–Kier alpha value is -1.62. The van der Waals surface area contributed by atoms with E-state index in [1.807, 2.05) is 20.0 Å². The average molecular weight is 250 g/mol. The molecule has 1 amide bonds. The topological polar surface area (TPSA) is 57.3 Å². The molecule has 1 aromatic rings. The molecule has 0 saturated heterocycles. The first kappa shape index (κ1) is 14.4. The lowest BCUT2D eigenvalue weighted by Gasteiger charge is -2.13. The van der Waals surface area contributed by atoms with E-state index in [1.54, 1.807) is 12.3 Å². The monoisotopic (exact) mass is 250 g/mol. The fraction of sp³-hybridized carbons (Fsp3) is 0.538. The van der Waals surface area contributed by atoms with E-state index in [-0.39, 0.29) is 5.91 Å². The summed E-state index contributed by atoms with van der Waals surface area (Å²) in [5.74, 6) is -0.126. The Morgan fingerprint density at radius 3 is 2.89 bits per heavy atom. The van der Waals surface area contributed by atoms with Gasteiger partial charge >= 0.3 is 0 Å². The molecule has 1 heterocycles. The minimum atomic E-state index is -0.126. The van der Waals surface area contributed by atoms with Gasteiger partial charge < -0.3 is 15.5 Å². The molecule has 100 valence electrons. The zero-order valence-electron chi connectivity index (χ0n) is 11.4. The van der Waals surface area contributed by atoms with Crippen LogP contribution in [-0.4, -0.2) is 49.0 Å². The molecule has 5 nitrogen and oxygen atoms in total. The highest BCUT2D eigenvalue weighted by Gasteiger charge is 2.07. The summed E-state index contributed by atoms with van der Waals surface area (Å²) in [5, 5.41) is 6.02. The number of carbonyl (C=O) groups is 1. The van der Waals surface area contributed by atoms with Crippen LogP contribution >= 0.6 is 0 Å². The van der Waals surface area contributed by atoms with Gasteiger partial charge in [0.25, 0.3) is 5.91 Å². The zero-order chi connectivity index (χ0) is 13.4. The maximum atomic E-state index is 11.9. The third kappa shape index (κ3) is 4.71. The fourth-order valence-corrected chi connectivity index (χ4v) is 1.48. The molecule has 0 aliphatic carbocycles. The molecule has 0 aromatic carbocycles. The second-order valence-electron chi connectivity index (χ2n) is 4.11. The van der Waals surface area contributed by atoms with Crippen molar-refractivity contribution < 1.29 is 4.79 Å². The van der Waals surface area contributed by atoms with Gasteiger partial charge in [-0.3, -0.25) is 9.78 Å². The first-order valence-electron chi connectivity index (χ1n) is 6.34. The maximum absolute atomic E-state index is 11.9. The molecule has 0 aliphatic heterocycles. The summed E-state index contributed by atoms with van der Waals surface area (Å²) in [5.41, 5.74) is 1.37. The standard InChI is InChI=1S/C13H22N4O/c1-4-14-11-6-7-15-12(10-11)13(18)16-8-9-17(3)5-2/h6-7,10H,4-5,8-9H2,1-3H3,(H,14,15)(H,16,18). The average Bonchev–Trinajstić information content (AvgIpc) is 2.39. The van der Waals surface area contributed by atoms with Crippen LogP contribution in [0.5, 0.6) is 0 Å². The first-order chi connectivity index (χ1) is 8.67. The maximum Gasteiger partial charge on any atom is 0.269 e. The summed E-state index contributed by atoms with van der Waals surface area (Å²) in [7, 11) is 2.02. The molecule has 0 fully saturated rings. The second kappa shape index (κ2) is 7.66. The number of rotatable bonds is 7. The van der Waals surface area contributed by atoms with Gasteiger partial charge in [0, 0.05) is 31.5 Å². The van der Waals surface area contributed by atoms with Gasteiger partial charge in [0.2, 0.25) is 0 Å². The van der Waals surface area contributed by atoms with E-state index < -0.39 is 0 Å². The Bertz CT molecular complexity index is 381. The van der Waals surface area contributed by atoms with Crippen LogP contribution in [0.4, 0.5) is 5.69 Å². The van der Waals surface area contributed by atoms with E-state index in [2.05, 4.69) is 27.4 Å². The van der Waals surface area contributed by atoms with Crippen LogP contribution in [0.1, 0.15) is 24.3 Å². The molecule has 2 N–H and O–H groups in total. The summed E-state index contributed by atoms with van der Waals surface area (Å²) in [6.07, 6.45) is 1.64. The normalized spacial score (nSPS) is 10.4. The lowest BCUT2D eigenvalue weighted by Crippen LogP contribution is -2.33. The van der Waals surface area contributed by atoms with Crippen molar-refractivity contribution in [3.8, 4) is 0 Å². The van der Waals surface area contributed by atoms with E-state index in [9.17, 15) is 4.79 Å². The highest BCUT2D eigenvalue weighted by atomic mass is 16.1. The van der Waals surface area contributed by atoms with Gasteiger partial charge in [-0.2, -0.15) is 0 Å². The summed E-state index contributed by atoms with van der Waals surface area (Å²) in [6.45, 7) is 7.38. The third-order valence-electron chi connectivity index (χ3n) is 2.69. The van der Waals surface area contributed by atoms with Crippen LogP contribution < -0.4 is 10.6 Å². The van der Waals surface area contributed by atoms with Crippen molar-refractivity contribution in [3.63, 3.8) is 0 Å². The molecular formula is C13H22N4O. The predicted molar refractivity (Wildman–Crippen MR) is 73.9 cm³/mol. The Morgan fingerprint density at radius 1 is 1.44 bits per heavy atom. The molecule has 5 heteroatoms. The third-order valence-corrected chi connectivity index (χ3v) is 2.69. The molecule has 0 bridgehead atoms. The van der Waals surface area contributed by atoms with Gasteiger partial charge in [-0.1, -0.05) is 6.92 Å². The number of nitrogens with zero attached hydrogens (tertiary/aromatic N) is 2. The summed E-state index contributed by atoms with van der Waals surface area (Å²) in [4.78, 5) is 18.1. The highest BCUT2D eigenvalue weighted by Crippen LogP contribution is 2.07. The number of nitrogens with one attached hydrogen (secondary N) is 2. The van der Waals surface area contributed by atoms with Crippen LogP contribution in [0.15, 0.2) is 18.3 Å². The lowest BCUT2D eigenvalue weighted by atomic mass is 10.3. The van der Waals surface area contributed by atoms with E-state index in [1.165, 1.54) is 0 Å². The quantitative estimate of drug-likeness (QED) is 0.763. The molecule has 1 aromatic heterocycles. The number of pyridine rings is 1. The van der Waals surface area contributed by atoms with Crippen molar-refractivity contribution in [3.05, 3.63) is 24.0 Å². The number of anilines is 1. The van der Waals surface area contributed by atoms with E-state index in [4.69, 9.17) is 0 Å².